The molecule has 1 unspecified atom stereocenters. The fraction of sp³-hybridized carbons (Fsp3) is 0.429. The number of aromatic nitrogens is 2. The highest BCUT2D eigenvalue weighted by atomic mass is 32.2. The Morgan fingerprint density at radius 3 is 2.71 bits per heavy atom. The number of nitrogens with zero attached hydrogens (tertiary/aromatic N) is 3. The number of hydrogen-bond acceptors (Lipinski definition) is 4. The Hall–Kier alpha value is -1.73. The second-order valence-electron chi connectivity index (χ2n) is 5.38. The molecule has 0 N–H and O–H groups in total. The van der Waals surface area contributed by atoms with Gasteiger partial charge in [0.1, 0.15) is 5.82 Å². The average molecular weight is 307 g/mol. The van der Waals surface area contributed by atoms with E-state index in [0.717, 1.165) is 6.42 Å². The minimum absolute atomic E-state index is 0.143. The lowest BCUT2D eigenvalue weighted by Crippen LogP contribution is -2.34. The first-order chi connectivity index (χ1) is 9.89. The molecule has 1 aliphatic heterocycles. The van der Waals surface area contributed by atoms with Crippen molar-refractivity contribution in [1.82, 2.24) is 13.9 Å². The summed E-state index contributed by atoms with van der Waals surface area (Å²) < 4.78 is 26.7. The quantitative estimate of drug-likeness (QED) is 0.831. The van der Waals surface area contributed by atoms with Crippen LogP contribution in [0.4, 0.5) is 0 Å². The van der Waals surface area contributed by atoms with Crippen LogP contribution in [0.15, 0.2) is 29.1 Å². The van der Waals surface area contributed by atoms with Gasteiger partial charge in [-0.1, -0.05) is 12.1 Å². The van der Waals surface area contributed by atoms with Gasteiger partial charge in [-0.15, -0.1) is 0 Å². The van der Waals surface area contributed by atoms with E-state index in [2.05, 4.69) is 4.98 Å². The van der Waals surface area contributed by atoms with Gasteiger partial charge in [-0.3, -0.25) is 9.36 Å². The van der Waals surface area contributed by atoms with Crippen LogP contribution in [0.25, 0.3) is 10.9 Å². The molecular formula is C14H17N3O3S. The lowest BCUT2D eigenvalue weighted by atomic mass is 10.2. The summed E-state index contributed by atoms with van der Waals surface area (Å²) in [6.45, 7) is 0.478. The third-order valence-corrected chi connectivity index (χ3v) is 5.23. The monoisotopic (exact) mass is 307 g/mol. The van der Waals surface area contributed by atoms with Crippen LogP contribution in [0.5, 0.6) is 0 Å². The second-order valence-corrected chi connectivity index (χ2v) is 7.32. The van der Waals surface area contributed by atoms with Crippen molar-refractivity contribution in [3.63, 3.8) is 0 Å². The number of para-hydroxylation sites is 1. The Kier molecular flexibility index (Phi) is 3.33. The van der Waals surface area contributed by atoms with E-state index in [1.165, 1.54) is 15.1 Å². The maximum absolute atomic E-state index is 12.4. The molecule has 1 saturated heterocycles. The normalized spacial score (nSPS) is 20.2. The number of hydrogen-bond donors (Lipinski definition) is 0. The van der Waals surface area contributed by atoms with Gasteiger partial charge in [0.2, 0.25) is 10.0 Å². The highest BCUT2D eigenvalue weighted by molar-refractivity contribution is 7.88. The molecule has 2 aromatic rings. The third-order valence-electron chi connectivity index (χ3n) is 3.95. The fourth-order valence-corrected chi connectivity index (χ4v) is 4.05. The zero-order valence-corrected chi connectivity index (χ0v) is 12.8. The number of rotatable bonds is 2. The number of sulfonamides is 1. The van der Waals surface area contributed by atoms with Crippen molar-refractivity contribution in [2.24, 2.45) is 7.05 Å². The first kappa shape index (κ1) is 14.2. The Morgan fingerprint density at radius 2 is 2.00 bits per heavy atom. The molecule has 7 heteroatoms. The molecule has 0 bridgehead atoms. The number of fused-ring (bicyclic) bond motifs is 1. The Balaban J connectivity index is 2.21. The highest BCUT2D eigenvalue weighted by Gasteiger charge is 2.35. The molecule has 0 spiro atoms. The smallest absolute Gasteiger partial charge is 0.261 e. The van der Waals surface area contributed by atoms with Gasteiger partial charge in [-0.25, -0.2) is 13.4 Å². The van der Waals surface area contributed by atoms with Gasteiger partial charge in [0, 0.05) is 13.6 Å². The predicted molar refractivity (Wildman–Crippen MR) is 80.5 cm³/mol. The fourth-order valence-electron chi connectivity index (χ4n) is 2.93. The Morgan fingerprint density at radius 1 is 1.29 bits per heavy atom. The summed E-state index contributed by atoms with van der Waals surface area (Å²) in [7, 11) is -1.66. The van der Waals surface area contributed by atoms with Crippen LogP contribution in [0.1, 0.15) is 24.7 Å². The molecule has 112 valence electrons. The van der Waals surface area contributed by atoms with Crippen molar-refractivity contribution in [1.29, 1.82) is 0 Å². The van der Waals surface area contributed by atoms with Crippen LogP contribution in [0.3, 0.4) is 0 Å². The van der Waals surface area contributed by atoms with E-state index in [0.29, 0.717) is 29.7 Å². The van der Waals surface area contributed by atoms with Gasteiger partial charge in [0.15, 0.2) is 0 Å². The first-order valence-corrected chi connectivity index (χ1v) is 8.67. The van der Waals surface area contributed by atoms with Crippen LogP contribution < -0.4 is 5.56 Å². The summed E-state index contributed by atoms with van der Waals surface area (Å²) in [5, 5.41) is 0.549. The van der Waals surface area contributed by atoms with E-state index in [1.54, 1.807) is 25.2 Å². The molecule has 1 aromatic carbocycles. The molecule has 1 atom stereocenters. The van der Waals surface area contributed by atoms with Crippen molar-refractivity contribution < 1.29 is 8.42 Å². The lowest BCUT2D eigenvalue weighted by molar-refractivity contribution is 0.377. The van der Waals surface area contributed by atoms with Gasteiger partial charge in [-0.05, 0) is 25.0 Å². The van der Waals surface area contributed by atoms with Crippen molar-refractivity contribution in [2.75, 3.05) is 12.8 Å². The molecular weight excluding hydrogens is 290 g/mol. The molecule has 0 aliphatic carbocycles. The molecule has 3 rings (SSSR count). The molecule has 1 fully saturated rings. The van der Waals surface area contributed by atoms with Crippen LogP contribution in [0, 0.1) is 0 Å². The van der Waals surface area contributed by atoms with Gasteiger partial charge in [0.05, 0.1) is 23.2 Å². The minimum Gasteiger partial charge on any atom is -0.298 e. The predicted octanol–water partition coefficient (Wildman–Crippen LogP) is 1.03. The van der Waals surface area contributed by atoms with Crippen LogP contribution in [-0.2, 0) is 17.1 Å². The maximum Gasteiger partial charge on any atom is 0.261 e. The summed E-state index contributed by atoms with van der Waals surface area (Å²) in [5.41, 5.74) is 0.465. The standard InChI is InChI=1S/C14H17N3O3S/c1-16-13(12-8-5-9-17(12)21(2,19)20)15-11-7-4-3-6-10(11)14(16)18/h3-4,6-7,12H,5,8-9H2,1-2H3. The molecule has 0 saturated carbocycles. The third kappa shape index (κ3) is 2.36. The van der Waals surface area contributed by atoms with Gasteiger partial charge in [0.25, 0.3) is 5.56 Å². The summed E-state index contributed by atoms with van der Waals surface area (Å²) in [6.07, 6.45) is 2.66. The van der Waals surface area contributed by atoms with E-state index in [4.69, 9.17) is 0 Å². The maximum atomic E-state index is 12.4. The van der Waals surface area contributed by atoms with Crippen molar-refractivity contribution in [3.05, 3.63) is 40.4 Å². The molecule has 21 heavy (non-hydrogen) atoms. The first-order valence-electron chi connectivity index (χ1n) is 6.82. The van der Waals surface area contributed by atoms with E-state index in [1.807, 2.05) is 6.07 Å². The lowest BCUT2D eigenvalue weighted by Gasteiger charge is -2.23. The molecule has 2 heterocycles. The summed E-state index contributed by atoms with van der Waals surface area (Å²) >= 11 is 0. The average Bonchev–Trinajstić information content (AvgIpc) is 2.92. The topological polar surface area (TPSA) is 72.3 Å². The van der Waals surface area contributed by atoms with Crippen molar-refractivity contribution in [2.45, 2.75) is 18.9 Å². The summed E-state index contributed by atoms with van der Waals surface area (Å²) in [6, 6.07) is 6.77. The highest BCUT2D eigenvalue weighted by Crippen LogP contribution is 2.32. The van der Waals surface area contributed by atoms with Crippen LogP contribution in [0.2, 0.25) is 0 Å². The zero-order valence-electron chi connectivity index (χ0n) is 12.0. The minimum atomic E-state index is -3.30. The van der Waals surface area contributed by atoms with Crippen molar-refractivity contribution in [3.8, 4) is 0 Å². The molecule has 0 radical (unpaired) electrons. The largest absolute Gasteiger partial charge is 0.298 e. The summed E-state index contributed by atoms with van der Waals surface area (Å²) in [4.78, 5) is 17.0. The van der Waals surface area contributed by atoms with Crippen molar-refractivity contribution >= 4 is 20.9 Å². The Bertz CT molecular complexity index is 857. The molecule has 0 amide bonds. The zero-order chi connectivity index (χ0) is 15.2. The van der Waals surface area contributed by atoms with Gasteiger partial charge in [-0.2, -0.15) is 4.31 Å². The van der Waals surface area contributed by atoms with Crippen LogP contribution >= 0.6 is 0 Å². The molecule has 1 aromatic heterocycles. The Labute approximate surface area is 123 Å². The second kappa shape index (κ2) is 4.92. The van der Waals surface area contributed by atoms with Gasteiger partial charge < -0.3 is 0 Å². The summed E-state index contributed by atoms with van der Waals surface area (Å²) in [5.74, 6) is 0.515. The molecule has 1 aliphatic rings. The van der Waals surface area contributed by atoms with E-state index in [9.17, 15) is 13.2 Å². The van der Waals surface area contributed by atoms with Crippen LogP contribution in [-0.4, -0.2) is 35.1 Å². The van der Waals surface area contributed by atoms with E-state index < -0.39 is 10.0 Å². The molecule has 6 nitrogen and oxygen atoms in total. The SMILES string of the molecule is Cn1c(C2CCCN2S(C)(=O)=O)nc2ccccc2c1=O. The van der Waals surface area contributed by atoms with E-state index in [-0.39, 0.29) is 11.6 Å². The number of benzene rings is 1. The van der Waals surface area contributed by atoms with E-state index >= 15 is 0 Å². The van der Waals surface area contributed by atoms with Gasteiger partial charge >= 0.3 is 0 Å².